The Kier molecular flexibility index (Phi) is 12.7. The number of carboxylic acid groups (broad SMARTS) is 1. The molecule has 3 rings (SSSR count). The Balaban J connectivity index is 1.17. The summed E-state index contributed by atoms with van der Waals surface area (Å²) in [5.74, 6) is -1.23. The van der Waals surface area contributed by atoms with Gasteiger partial charge >= 0.3 is 12.1 Å². The second-order valence-corrected chi connectivity index (χ2v) is 9.16. The molecule has 0 saturated heterocycles. The number of nitrogens with zero attached hydrogens (tertiary/aromatic N) is 1. The normalized spacial score (nSPS) is 12.0. The fourth-order valence-electron chi connectivity index (χ4n) is 4.25. The second kappa shape index (κ2) is 16.5. The highest BCUT2D eigenvalue weighted by Crippen LogP contribution is 2.44. The van der Waals surface area contributed by atoms with E-state index in [9.17, 15) is 14.4 Å². The lowest BCUT2D eigenvalue weighted by Crippen LogP contribution is -2.32. The number of nitrogens with one attached hydrogen (secondary N) is 1. The third-order valence-electron chi connectivity index (χ3n) is 6.32. The predicted octanol–water partition coefficient (Wildman–Crippen LogP) is 3.29. The minimum absolute atomic E-state index is 0.0161. The fraction of sp³-hybridized carbons (Fsp3) is 0.483. The number of fused-ring (bicyclic) bond motifs is 3. The molecule has 0 radical (unpaired) electrons. The third kappa shape index (κ3) is 9.97. The van der Waals surface area contributed by atoms with Gasteiger partial charge in [0.25, 0.3) is 0 Å². The monoisotopic (exact) mass is 542 g/mol. The zero-order valence-corrected chi connectivity index (χ0v) is 22.4. The summed E-state index contributed by atoms with van der Waals surface area (Å²) >= 11 is 0. The molecule has 1 aliphatic carbocycles. The van der Waals surface area contributed by atoms with E-state index in [1.54, 1.807) is 7.05 Å². The number of aliphatic carboxylic acids is 1. The smallest absolute Gasteiger partial charge is 0.409 e. The van der Waals surface area contributed by atoms with Crippen LogP contribution in [0.15, 0.2) is 48.5 Å². The van der Waals surface area contributed by atoms with Gasteiger partial charge in [0.05, 0.1) is 39.5 Å². The van der Waals surface area contributed by atoms with Crippen LogP contribution in [0.1, 0.15) is 36.3 Å². The van der Waals surface area contributed by atoms with Gasteiger partial charge in [-0.2, -0.15) is 0 Å². The van der Waals surface area contributed by atoms with Crippen LogP contribution >= 0.6 is 0 Å². The van der Waals surface area contributed by atoms with Gasteiger partial charge in [-0.1, -0.05) is 48.5 Å². The van der Waals surface area contributed by atoms with Gasteiger partial charge < -0.3 is 34.3 Å². The topological polar surface area (TPSA) is 124 Å². The molecule has 0 saturated carbocycles. The van der Waals surface area contributed by atoms with Crippen LogP contribution in [0.2, 0.25) is 0 Å². The Morgan fingerprint density at radius 1 is 0.821 bits per heavy atom. The summed E-state index contributed by atoms with van der Waals surface area (Å²) in [7, 11) is 1.69. The summed E-state index contributed by atoms with van der Waals surface area (Å²) in [5, 5.41) is 11.2. The zero-order valence-electron chi connectivity index (χ0n) is 22.4. The van der Waals surface area contributed by atoms with Gasteiger partial charge in [0.2, 0.25) is 5.91 Å². The molecule has 0 aliphatic heterocycles. The van der Waals surface area contributed by atoms with E-state index < -0.39 is 5.97 Å². The number of carbonyl (C=O) groups is 3. The summed E-state index contributed by atoms with van der Waals surface area (Å²) in [5.41, 5.74) is 4.76. The first-order valence-corrected chi connectivity index (χ1v) is 13.2. The summed E-state index contributed by atoms with van der Waals surface area (Å²) < 4.78 is 22.1. The summed E-state index contributed by atoms with van der Waals surface area (Å²) in [4.78, 5) is 35.8. The molecule has 39 heavy (non-hydrogen) atoms. The van der Waals surface area contributed by atoms with E-state index in [1.807, 2.05) is 24.3 Å². The number of rotatable bonds is 18. The Labute approximate surface area is 229 Å². The van der Waals surface area contributed by atoms with Crippen LogP contribution in [0, 0.1) is 0 Å². The average Bonchev–Trinajstić information content (AvgIpc) is 3.26. The van der Waals surface area contributed by atoms with Gasteiger partial charge in [0, 0.05) is 39.1 Å². The molecule has 0 spiro atoms. The van der Waals surface area contributed by atoms with Crippen LogP contribution in [0.5, 0.6) is 0 Å². The quantitative estimate of drug-likeness (QED) is 0.275. The van der Waals surface area contributed by atoms with Crippen molar-refractivity contribution >= 4 is 18.0 Å². The number of carboxylic acids is 1. The molecule has 0 unspecified atom stereocenters. The number of benzene rings is 2. The van der Waals surface area contributed by atoms with Gasteiger partial charge in [-0.05, 0) is 28.7 Å². The molecule has 1 aliphatic rings. The Bertz CT molecular complexity index is 1030. The van der Waals surface area contributed by atoms with Crippen LogP contribution in [0.4, 0.5) is 4.79 Å². The molecule has 10 heteroatoms. The molecule has 10 nitrogen and oxygen atoms in total. The number of carbonyl (C=O) groups excluding carboxylic acids is 2. The lowest BCUT2D eigenvalue weighted by atomic mass is 9.98. The van der Waals surface area contributed by atoms with E-state index in [-0.39, 0.29) is 37.4 Å². The molecule has 0 fully saturated rings. The summed E-state index contributed by atoms with van der Waals surface area (Å²) in [6.07, 6.45) is 0.0731. The predicted molar refractivity (Wildman–Crippen MR) is 145 cm³/mol. The van der Waals surface area contributed by atoms with Crippen LogP contribution in [0.25, 0.3) is 11.1 Å². The number of likely N-dealkylation sites (N-methyl/N-ethyl adjacent to an activating group) is 1. The van der Waals surface area contributed by atoms with Crippen molar-refractivity contribution in [1.82, 2.24) is 10.2 Å². The molecule has 2 aromatic carbocycles. The van der Waals surface area contributed by atoms with Crippen molar-refractivity contribution in [3.63, 3.8) is 0 Å². The van der Waals surface area contributed by atoms with Gasteiger partial charge in [-0.25, -0.2) is 4.79 Å². The first-order chi connectivity index (χ1) is 19.0. The van der Waals surface area contributed by atoms with Crippen LogP contribution in [-0.2, 0) is 28.5 Å². The van der Waals surface area contributed by atoms with Crippen molar-refractivity contribution in [3.05, 3.63) is 59.7 Å². The largest absolute Gasteiger partial charge is 0.481 e. The van der Waals surface area contributed by atoms with Crippen LogP contribution < -0.4 is 5.32 Å². The van der Waals surface area contributed by atoms with Crippen molar-refractivity contribution in [1.29, 1.82) is 0 Å². The molecule has 0 bridgehead atoms. The SMILES string of the molecule is CN(CCOCCOCCOCCCNC(=O)CCC(=O)O)C(=O)OCC1c2ccccc2-c2ccccc21. The minimum Gasteiger partial charge on any atom is -0.481 e. The van der Waals surface area contributed by atoms with E-state index >= 15 is 0 Å². The maximum Gasteiger partial charge on any atom is 0.409 e. The van der Waals surface area contributed by atoms with Crippen molar-refractivity contribution in [3.8, 4) is 11.1 Å². The number of ether oxygens (including phenoxy) is 4. The zero-order chi connectivity index (χ0) is 27.9. The molecular formula is C29H38N2O8. The van der Waals surface area contributed by atoms with Gasteiger partial charge in [-0.15, -0.1) is 0 Å². The first-order valence-electron chi connectivity index (χ1n) is 13.2. The highest BCUT2D eigenvalue weighted by Gasteiger charge is 2.29. The molecule has 2 N–H and O–H groups in total. The molecule has 0 aromatic heterocycles. The highest BCUT2D eigenvalue weighted by atomic mass is 16.6. The van der Waals surface area contributed by atoms with E-state index in [1.165, 1.54) is 27.2 Å². The van der Waals surface area contributed by atoms with Crippen LogP contribution in [0.3, 0.4) is 0 Å². The lowest BCUT2D eigenvalue weighted by molar-refractivity contribution is -0.138. The first kappa shape index (κ1) is 30.1. The van der Waals surface area contributed by atoms with Gasteiger partial charge in [0.15, 0.2) is 0 Å². The maximum atomic E-state index is 12.5. The Morgan fingerprint density at radius 2 is 1.38 bits per heavy atom. The van der Waals surface area contributed by atoms with Crippen molar-refractivity contribution in [2.75, 3.05) is 66.4 Å². The van der Waals surface area contributed by atoms with Crippen LogP contribution in [-0.4, -0.2) is 94.4 Å². The third-order valence-corrected chi connectivity index (χ3v) is 6.32. The minimum atomic E-state index is -0.986. The summed E-state index contributed by atoms with van der Waals surface area (Å²) in [6.45, 7) is 3.66. The molecule has 2 amide bonds. The molecular weight excluding hydrogens is 504 g/mol. The van der Waals surface area contributed by atoms with E-state index in [0.29, 0.717) is 59.2 Å². The molecule has 212 valence electrons. The second-order valence-electron chi connectivity index (χ2n) is 9.16. The van der Waals surface area contributed by atoms with Crippen molar-refractivity contribution in [2.45, 2.75) is 25.2 Å². The van der Waals surface area contributed by atoms with E-state index in [2.05, 4.69) is 29.6 Å². The number of hydrogen-bond acceptors (Lipinski definition) is 7. The van der Waals surface area contributed by atoms with Crippen molar-refractivity contribution in [2.24, 2.45) is 0 Å². The molecule has 2 aromatic rings. The molecule has 0 heterocycles. The Hall–Kier alpha value is -3.47. The van der Waals surface area contributed by atoms with Gasteiger partial charge in [0.1, 0.15) is 6.61 Å². The lowest BCUT2D eigenvalue weighted by Gasteiger charge is -2.19. The van der Waals surface area contributed by atoms with E-state index in [0.717, 1.165) is 0 Å². The number of hydrogen-bond donors (Lipinski definition) is 2. The standard InChI is InChI=1S/C29H38N2O8/c1-31(14-16-37-18-20-38-19-17-36-15-6-13-30-27(32)11-12-28(33)34)29(35)39-21-26-24-9-4-2-7-22(24)23-8-3-5-10-25(23)26/h2-5,7-10,26H,6,11-21H2,1H3,(H,30,32)(H,33,34). The van der Waals surface area contributed by atoms with Crippen molar-refractivity contribution < 1.29 is 38.4 Å². The number of amides is 2. The molecule has 0 atom stereocenters. The average molecular weight is 543 g/mol. The summed E-state index contributed by atoms with van der Waals surface area (Å²) in [6, 6.07) is 16.5. The fourth-order valence-corrected chi connectivity index (χ4v) is 4.25. The van der Waals surface area contributed by atoms with Gasteiger partial charge in [-0.3, -0.25) is 9.59 Å². The Morgan fingerprint density at radius 3 is 2.00 bits per heavy atom. The maximum absolute atomic E-state index is 12.5. The van der Waals surface area contributed by atoms with E-state index in [4.69, 9.17) is 24.1 Å². The highest BCUT2D eigenvalue weighted by molar-refractivity contribution is 5.80.